The second-order valence-corrected chi connectivity index (χ2v) is 4.04. The van der Waals surface area contributed by atoms with Crippen molar-refractivity contribution in [3.63, 3.8) is 0 Å². The van der Waals surface area contributed by atoms with Crippen molar-refractivity contribution in [2.75, 3.05) is 11.6 Å². The Labute approximate surface area is 86.5 Å². The largest absolute Gasteiger partial charge is 0.418 e. The van der Waals surface area contributed by atoms with Gasteiger partial charge in [0.05, 0.1) is 17.9 Å². The number of rotatable bonds is 2. The normalized spacial score (nSPS) is 15.5. The highest BCUT2D eigenvalue weighted by molar-refractivity contribution is 7.80. The second-order valence-electron chi connectivity index (χ2n) is 3.03. The standard InChI is InChI=1S/C8H8N2O4S/c9-7-5-10(14-15(11,12)13)8-4-2-1-3-6(7)8/h1-4,9H,5H2,(H,11,12,13). The predicted octanol–water partition coefficient (Wildman–Crippen LogP) is 0.609. The van der Waals surface area contributed by atoms with Gasteiger partial charge in [0.15, 0.2) is 0 Å². The highest BCUT2D eigenvalue weighted by atomic mass is 32.3. The molecule has 2 N–H and O–H groups in total. The molecule has 0 aromatic heterocycles. The van der Waals surface area contributed by atoms with Gasteiger partial charge < -0.3 is 5.41 Å². The topological polar surface area (TPSA) is 90.7 Å². The van der Waals surface area contributed by atoms with Crippen LogP contribution in [0.5, 0.6) is 0 Å². The second kappa shape index (κ2) is 3.30. The summed E-state index contributed by atoms with van der Waals surface area (Å²) < 4.78 is 33.9. The molecule has 15 heavy (non-hydrogen) atoms. The van der Waals surface area contributed by atoms with Gasteiger partial charge in [-0.3, -0.25) is 4.55 Å². The molecule has 1 aromatic rings. The number of benzene rings is 1. The summed E-state index contributed by atoms with van der Waals surface area (Å²) in [5.41, 5.74) is 1.30. The molecule has 0 atom stereocenters. The Bertz CT molecular complexity index is 511. The van der Waals surface area contributed by atoms with E-state index in [-0.39, 0.29) is 12.3 Å². The Hall–Kier alpha value is -1.44. The first-order valence-electron chi connectivity index (χ1n) is 4.09. The monoisotopic (exact) mass is 228 g/mol. The molecule has 0 saturated carbocycles. The van der Waals surface area contributed by atoms with Crippen LogP contribution in [-0.2, 0) is 14.7 Å². The zero-order chi connectivity index (χ0) is 11.1. The minimum Gasteiger partial charge on any atom is -0.303 e. The first-order valence-corrected chi connectivity index (χ1v) is 5.45. The number of anilines is 1. The minimum atomic E-state index is -4.54. The van der Waals surface area contributed by atoms with Crippen LogP contribution in [0.4, 0.5) is 5.69 Å². The van der Waals surface area contributed by atoms with E-state index in [0.717, 1.165) is 5.06 Å². The SMILES string of the molecule is N=C1CN(OS(=O)(=O)O)c2ccccc21. The van der Waals surface area contributed by atoms with E-state index in [1.165, 1.54) is 0 Å². The maximum absolute atomic E-state index is 10.5. The van der Waals surface area contributed by atoms with E-state index >= 15 is 0 Å². The molecule has 0 spiro atoms. The lowest BCUT2D eigenvalue weighted by Crippen LogP contribution is -2.26. The first kappa shape index (κ1) is 10.1. The summed E-state index contributed by atoms with van der Waals surface area (Å²) in [7, 11) is -4.54. The number of hydroxylamine groups is 1. The van der Waals surface area contributed by atoms with Crippen molar-refractivity contribution in [1.29, 1.82) is 5.41 Å². The molecule has 1 aliphatic heterocycles. The van der Waals surface area contributed by atoms with E-state index in [2.05, 4.69) is 4.28 Å². The summed E-state index contributed by atoms with van der Waals surface area (Å²) in [6, 6.07) is 6.73. The Morgan fingerprint density at radius 1 is 1.40 bits per heavy atom. The van der Waals surface area contributed by atoms with E-state index < -0.39 is 10.4 Å². The summed E-state index contributed by atoms with van der Waals surface area (Å²) >= 11 is 0. The number of nitrogens with one attached hydrogen (secondary N) is 1. The van der Waals surface area contributed by atoms with Crippen LogP contribution in [-0.4, -0.2) is 25.2 Å². The third kappa shape index (κ3) is 1.99. The molecule has 7 heteroatoms. The molecular weight excluding hydrogens is 220 g/mol. The molecule has 0 radical (unpaired) electrons. The summed E-state index contributed by atoms with van der Waals surface area (Å²) in [5, 5.41) is 8.54. The molecule has 2 rings (SSSR count). The van der Waals surface area contributed by atoms with Crippen LogP contribution in [0.1, 0.15) is 5.56 Å². The number of hydrogen-bond donors (Lipinski definition) is 2. The smallest absolute Gasteiger partial charge is 0.303 e. The highest BCUT2D eigenvalue weighted by Crippen LogP contribution is 2.27. The molecule has 0 unspecified atom stereocenters. The highest BCUT2D eigenvalue weighted by Gasteiger charge is 2.27. The summed E-state index contributed by atoms with van der Waals surface area (Å²) in [5.74, 6) is 0. The van der Waals surface area contributed by atoms with E-state index in [1.54, 1.807) is 24.3 Å². The van der Waals surface area contributed by atoms with Crippen molar-refractivity contribution in [3.8, 4) is 0 Å². The lowest BCUT2D eigenvalue weighted by molar-refractivity contribution is 0.254. The number of nitrogens with zero attached hydrogens (tertiary/aromatic N) is 1. The number of para-hydroxylation sites is 1. The summed E-state index contributed by atoms with van der Waals surface area (Å²) in [6.45, 7) is -0.000856. The first-order chi connectivity index (χ1) is 6.97. The molecule has 0 saturated heterocycles. The maximum Gasteiger partial charge on any atom is 0.418 e. The molecule has 1 aliphatic rings. The molecule has 1 aromatic carbocycles. The van der Waals surface area contributed by atoms with E-state index in [4.69, 9.17) is 9.96 Å². The van der Waals surface area contributed by atoms with Gasteiger partial charge in [0, 0.05) is 5.56 Å². The third-order valence-corrected chi connectivity index (χ3v) is 2.35. The Morgan fingerprint density at radius 3 is 2.73 bits per heavy atom. The van der Waals surface area contributed by atoms with Gasteiger partial charge in [0.2, 0.25) is 0 Å². The third-order valence-electron chi connectivity index (χ3n) is 1.98. The molecule has 0 bridgehead atoms. The van der Waals surface area contributed by atoms with Gasteiger partial charge in [-0.2, -0.15) is 8.42 Å². The van der Waals surface area contributed by atoms with Crippen LogP contribution >= 0.6 is 0 Å². The van der Waals surface area contributed by atoms with E-state index in [1.807, 2.05) is 0 Å². The van der Waals surface area contributed by atoms with Gasteiger partial charge in [0.1, 0.15) is 0 Å². The quantitative estimate of drug-likeness (QED) is 0.723. The Morgan fingerprint density at radius 2 is 2.07 bits per heavy atom. The molecule has 6 nitrogen and oxygen atoms in total. The Kier molecular flexibility index (Phi) is 2.22. The van der Waals surface area contributed by atoms with Crippen molar-refractivity contribution in [2.45, 2.75) is 0 Å². The fourth-order valence-electron chi connectivity index (χ4n) is 1.44. The molecular formula is C8H8N2O4S. The van der Waals surface area contributed by atoms with Gasteiger partial charge in [0.25, 0.3) is 0 Å². The van der Waals surface area contributed by atoms with Crippen LogP contribution in [0.25, 0.3) is 0 Å². The van der Waals surface area contributed by atoms with Crippen molar-refractivity contribution in [1.82, 2.24) is 0 Å². The summed E-state index contributed by atoms with van der Waals surface area (Å²) in [4.78, 5) is 0. The van der Waals surface area contributed by atoms with Crippen molar-refractivity contribution < 1.29 is 17.3 Å². The Balaban J connectivity index is 2.37. The van der Waals surface area contributed by atoms with Crippen LogP contribution < -0.4 is 5.06 Å². The molecule has 80 valence electrons. The van der Waals surface area contributed by atoms with Gasteiger partial charge >= 0.3 is 10.4 Å². The average Bonchev–Trinajstić information content (AvgIpc) is 2.42. The zero-order valence-corrected chi connectivity index (χ0v) is 8.36. The number of fused-ring (bicyclic) bond motifs is 1. The summed E-state index contributed by atoms with van der Waals surface area (Å²) in [6.07, 6.45) is 0. The van der Waals surface area contributed by atoms with Gasteiger partial charge in [-0.15, -0.1) is 4.28 Å². The van der Waals surface area contributed by atoms with Crippen molar-refractivity contribution >= 4 is 21.8 Å². The molecule has 0 fully saturated rings. The van der Waals surface area contributed by atoms with Crippen LogP contribution in [0, 0.1) is 5.41 Å². The zero-order valence-electron chi connectivity index (χ0n) is 7.54. The van der Waals surface area contributed by atoms with Crippen LogP contribution in [0.3, 0.4) is 0 Å². The fraction of sp³-hybridized carbons (Fsp3) is 0.125. The molecule has 1 heterocycles. The average molecular weight is 228 g/mol. The van der Waals surface area contributed by atoms with Crippen LogP contribution in [0.2, 0.25) is 0 Å². The molecule has 0 amide bonds. The van der Waals surface area contributed by atoms with E-state index in [0.29, 0.717) is 11.3 Å². The van der Waals surface area contributed by atoms with E-state index in [9.17, 15) is 8.42 Å². The van der Waals surface area contributed by atoms with Crippen molar-refractivity contribution in [2.24, 2.45) is 0 Å². The fourth-order valence-corrected chi connectivity index (χ4v) is 1.80. The number of hydrogen-bond acceptors (Lipinski definition) is 5. The van der Waals surface area contributed by atoms with Crippen molar-refractivity contribution in [3.05, 3.63) is 29.8 Å². The minimum absolute atomic E-state index is 0.000856. The maximum atomic E-state index is 10.5. The lowest BCUT2D eigenvalue weighted by Gasteiger charge is -2.14. The van der Waals surface area contributed by atoms with Gasteiger partial charge in [-0.1, -0.05) is 18.2 Å². The lowest BCUT2D eigenvalue weighted by atomic mass is 10.1. The van der Waals surface area contributed by atoms with Crippen LogP contribution in [0.15, 0.2) is 24.3 Å². The molecule has 0 aliphatic carbocycles. The van der Waals surface area contributed by atoms with Gasteiger partial charge in [-0.25, -0.2) is 5.06 Å². The predicted molar refractivity (Wildman–Crippen MR) is 53.3 cm³/mol. The van der Waals surface area contributed by atoms with Gasteiger partial charge in [-0.05, 0) is 6.07 Å².